The quantitative estimate of drug-likeness (QED) is 0.519. The van der Waals surface area contributed by atoms with Gasteiger partial charge in [-0.1, -0.05) is 6.07 Å². The number of aldehydes is 1. The molecule has 0 aliphatic rings. The number of hydrogen-bond acceptors (Lipinski definition) is 4. The number of ketones is 1. The summed E-state index contributed by atoms with van der Waals surface area (Å²) in [7, 11) is 0. The van der Waals surface area contributed by atoms with Gasteiger partial charge in [0, 0.05) is 18.7 Å². The Hall–Kier alpha value is -1.71. The van der Waals surface area contributed by atoms with Crippen molar-refractivity contribution in [2.75, 3.05) is 6.61 Å². The minimum Gasteiger partial charge on any atom is -0.478 e. The number of Topliss-reactive ketones (excluding diaryl/α,β-unsaturated/α-hetero) is 1. The van der Waals surface area contributed by atoms with Gasteiger partial charge in [0.05, 0.1) is 13.0 Å². The summed E-state index contributed by atoms with van der Waals surface area (Å²) in [6.45, 7) is 2.44. The first-order chi connectivity index (χ1) is 7.26. The molecule has 0 aromatic carbocycles. The first kappa shape index (κ1) is 11.4. The van der Waals surface area contributed by atoms with Crippen LogP contribution in [-0.4, -0.2) is 23.7 Å². The van der Waals surface area contributed by atoms with Crippen LogP contribution in [0.2, 0.25) is 0 Å². The van der Waals surface area contributed by atoms with Gasteiger partial charge in [0.2, 0.25) is 5.88 Å². The number of carbonyl (C=O) groups excluding carboxylic acids is 2. The monoisotopic (exact) mass is 207 g/mol. The zero-order valence-corrected chi connectivity index (χ0v) is 8.60. The van der Waals surface area contributed by atoms with Crippen LogP contribution in [0, 0.1) is 0 Å². The third-order valence-electron chi connectivity index (χ3n) is 1.80. The molecule has 80 valence electrons. The van der Waals surface area contributed by atoms with Crippen LogP contribution in [0.5, 0.6) is 5.88 Å². The molecule has 0 spiro atoms. The van der Waals surface area contributed by atoms with Crippen molar-refractivity contribution in [3.8, 4) is 5.88 Å². The van der Waals surface area contributed by atoms with Crippen molar-refractivity contribution in [3.63, 3.8) is 0 Å². The molecule has 0 bridgehead atoms. The van der Waals surface area contributed by atoms with E-state index < -0.39 is 0 Å². The molecule has 0 unspecified atom stereocenters. The van der Waals surface area contributed by atoms with Crippen molar-refractivity contribution in [2.24, 2.45) is 0 Å². The second-order valence-corrected chi connectivity index (χ2v) is 3.02. The molecule has 0 radical (unpaired) electrons. The van der Waals surface area contributed by atoms with Gasteiger partial charge in [0.25, 0.3) is 0 Å². The summed E-state index contributed by atoms with van der Waals surface area (Å²) in [4.78, 5) is 25.2. The van der Waals surface area contributed by atoms with Crippen LogP contribution >= 0.6 is 0 Å². The number of ether oxygens (including phenoxy) is 1. The summed E-state index contributed by atoms with van der Waals surface area (Å²) in [5, 5.41) is 0. The van der Waals surface area contributed by atoms with E-state index >= 15 is 0 Å². The van der Waals surface area contributed by atoms with Gasteiger partial charge in [-0.25, -0.2) is 4.98 Å². The van der Waals surface area contributed by atoms with Crippen molar-refractivity contribution in [1.29, 1.82) is 0 Å². The Morgan fingerprint density at radius 1 is 1.53 bits per heavy atom. The lowest BCUT2D eigenvalue weighted by atomic mass is 10.1. The molecule has 4 nitrogen and oxygen atoms in total. The van der Waals surface area contributed by atoms with E-state index in [1.54, 1.807) is 18.3 Å². The highest BCUT2D eigenvalue weighted by Crippen LogP contribution is 2.08. The fraction of sp³-hybridized carbons (Fsp3) is 0.364. The van der Waals surface area contributed by atoms with Crippen LogP contribution < -0.4 is 4.74 Å². The number of hydrogen-bond donors (Lipinski definition) is 0. The minimum absolute atomic E-state index is 0.0345. The van der Waals surface area contributed by atoms with Crippen LogP contribution in [0.15, 0.2) is 18.3 Å². The molecule has 0 amide bonds. The van der Waals surface area contributed by atoms with Crippen LogP contribution in [-0.2, 0) is 16.0 Å². The Morgan fingerprint density at radius 2 is 2.33 bits per heavy atom. The van der Waals surface area contributed by atoms with Gasteiger partial charge in [0.15, 0.2) is 0 Å². The minimum atomic E-state index is -0.101. The molecule has 1 heterocycles. The molecule has 0 saturated heterocycles. The van der Waals surface area contributed by atoms with E-state index in [4.69, 9.17) is 4.74 Å². The molecule has 0 aliphatic carbocycles. The van der Waals surface area contributed by atoms with E-state index in [0.717, 1.165) is 5.56 Å². The lowest BCUT2D eigenvalue weighted by molar-refractivity contribution is -0.121. The summed E-state index contributed by atoms with van der Waals surface area (Å²) in [6, 6.07) is 3.49. The number of nitrogens with zero attached hydrogens (tertiary/aromatic N) is 1. The molecule has 1 rings (SSSR count). The predicted molar refractivity (Wildman–Crippen MR) is 54.8 cm³/mol. The summed E-state index contributed by atoms with van der Waals surface area (Å²) >= 11 is 0. The van der Waals surface area contributed by atoms with Gasteiger partial charge < -0.3 is 9.53 Å². The Kier molecular flexibility index (Phi) is 4.47. The largest absolute Gasteiger partial charge is 0.478 e. The van der Waals surface area contributed by atoms with E-state index in [1.165, 1.54) is 0 Å². The van der Waals surface area contributed by atoms with E-state index in [-0.39, 0.29) is 18.6 Å². The fourth-order valence-electron chi connectivity index (χ4n) is 1.14. The highest BCUT2D eigenvalue weighted by Gasteiger charge is 2.03. The normalized spacial score (nSPS) is 9.67. The van der Waals surface area contributed by atoms with Crippen molar-refractivity contribution in [3.05, 3.63) is 23.9 Å². The van der Waals surface area contributed by atoms with Gasteiger partial charge in [0.1, 0.15) is 12.1 Å². The number of carbonyl (C=O) groups is 2. The number of pyridine rings is 1. The van der Waals surface area contributed by atoms with Crippen LogP contribution in [0.3, 0.4) is 0 Å². The first-order valence-corrected chi connectivity index (χ1v) is 4.79. The molecule has 0 saturated carbocycles. The second-order valence-electron chi connectivity index (χ2n) is 3.02. The first-order valence-electron chi connectivity index (χ1n) is 4.79. The molecule has 4 heteroatoms. The summed E-state index contributed by atoms with van der Waals surface area (Å²) in [6.07, 6.45) is 2.42. The smallest absolute Gasteiger partial charge is 0.213 e. The lowest BCUT2D eigenvalue weighted by Gasteiger charge is -2.02. The van der Waals surface area contributed by atoms with Gasteiger partial charge in [-0.15, -0.1) is 0 Å². The van der Waals surface area contributed by atoms with Crippen molar-refractivity contribution >= 4 is 12.1 Å². The maximum Gasteiger partial charge on any atom is 0.213 e. The SMILES string of the molecule is CCOc1ccc(CC(=O)CC=O)cn1. The zero-order chi connectivity index (χ0) is 11.1. The highest BCUT2D eigenvalue weighted by molar-refractivity contribution is 5.91. The summed E-state index contributed by atoms with van der Waals surface area (Å²) in [5.41, 5.74) is 0.797. The zero-order valence-electron chi connectivity index (χ0n) is 8.60. The van der Waals surface area contributed by atoms with Crippen LogP contribution in [0.1, 0.15) is 18.9 Å². The van der Waals surface area contributed by atoms with Crippen LogP contribution in [0.4, 0.5) is 0 Å². The highest BCUT2D eigenvalue weighted by atomic mass is 16.5. The van der Waals surface area contributed by atoms with E-state index in [1.807, 2.05) is 6.92 Å². The molecule has 15 heavy (non-hydrogen) atoms. The third-order valence-corrected chi connectivity index (χ3v) is 1.80. The molecular formula is C11H13NO3. The number of rotatable bonds is 6. The van der Waals surface area contributed by atoms with E-state index in [0.29, 0.717) is 18.8 Å². The third kappa shape index (κ3) is 3.89. The molecule has 1 aromatic heterocycles. The second kappa shape index (κ2) is 5.90. The van der Waals surface area contributed by atoms with Gasteiger partial charge in [-0.3, -0.25) is 4.79 Å². The van der Waals surface area contributed by atoms with Crippen molar-refractivity contribution < 1.29 is 14.3 Å². The average molecular weight is 207 g/mol. The Bertz CT molecular complexity index is 332. The Morgan fingerprint density at radius 3 is 2.87 bits per heavy atom. The number of aromatic nitrogens is 1. The maximum absolute atomic E-state index is 11.1. The molecule has 0 atom stereocenters. The average Bonchev–Trinajstić information content (AvgIpc) is 2.22. The standard InChI is InChI=1S/C11H13NO3/c1-2-15-11-4-3-9(8-12-11)7-10(14)5-6-13/h3-4,6,8H,2,5,7H2,1H3. The lowest BCUT2D eigenvalue weighted by Crippen LogP contribution is -2.03. The Labute approximate surface area is 88.3 Å². The molecule has 0 N–H and O–H groups in total. The Balaban J connectivity index is 2.56. The summed E-state index contributed by atoms with van der Waals surface area (Å²) < 4.78 is 5.16. The van der Waals surface area contributed by atoms with Gasteiger partial charge >= 0.3 is 0 Å². The van der Waals surface area contributed by atoms with E-state index in [9.17, 15) is 9.59 Å². The van der Waals surface area contributed by atoms with Gasteiger partial charge in [-0.2, -0.15) is 0 Å². The molecule has 0 aliphatic heterocycles. The fourth-order valence-corrected chi connectivity index (χ4v) is 1.14. The van der Waals surface area contributed by atoms with Crippen LogP contribution in [0.25, 0.3) is 0 Å². The molecular weight excluding hydrogens is 194 g/mol. The topological polar surface area (TPSA) is 56.3 Å². The van der Waals surface area contributed by atoms with Gasteiger partial charge in [-0.05, 0) is 12.5 Å². The maximum atomic E-state index is 11.1. The van der Waals surface area contributed by atoms with Crippen molar-refractivity contribution in [1.82, 2.24) is 4.98 Å². The van der Waals surface area contributed by atoms with Crippen molar-refractivity contribution in [2.45, 2.75) is 19.8 Å². The van der Waals surface area contributed by atoms with E-state index in [2.05, 4.69) is 4.98 Å². The molecule has 1 aromatic rings. The summed E-state index contributed by atoms with van der Waals surface area (Å²) in [5.74, 6) is 0.444. The molecule has 0 fully saturated rings. The predicted octanol–water partition coefficient (Wildman–Crippen LogP) is 1.18.